The second-order valence-electron chi connectivity index (χ2n) is 13.3. The minimum Gasteiger partial charge on any atom is -0.494 e. The van der Waals surface area contributed by atoms with E-state index in [-0.39, 0.29) is 0 Å². The fourth-order valence-electron chi connectivity index (χ4n) is 9.86. The predicted molar refractivity (Wildman–Crippen MR) is 157 cm³/mol. The summed E-state index contributed by atoms with van der Waals surface area (Å²) in [4.78, 5) is 14.6. The van der Waals surface area contributed by atoms with Crippen LogP contribution >= 0.6 is 0 Å². The van der Waals surface area contributed by atoms with Crippen molar-refractivity contribution in [3.8, 4) is 5.75 Å². The molecule has 3 saturated carbocycles. The molecule has 0 aliphatic heterocycles. The van der Waals surface area contributed by atoms with Gasteiger partial charge in [0.1, 0.15) is 5.75 Å². The van der Waals surface area contributed by atoms with Gasteiger partial charge in [-0.2, -0.15) is 0 Å². The molecule has 0 saturated heterocycles. The zero-order valence-corrected chi connectivity index (χ0v) is 24.9. The molecule has 0 aromatic heterocycles. The van der Waals surface area contributed by atoms with Crippen LogP contribution in [0.2, 0.25) is 0 Å². The van der Waals surface area contributed by atoms with Crippen molar-refractivity contribution in [1.82, 2.24) is 4.90 Å². The highest BCUT2D eigenvalue weighted by atomic mass is 16.5. The lowest BCUT2D eigenvalue weighted by Crippen LogP contribution is -2.47. The lowest BCUT2D eigenvalue weighted by Gasteiger charge is -2.55. The third-order valence-corrected chi connectivity index (χ3v) is 11.9. The number of hydrogen-bond acceptors (Lipinski definition) is 3. The Bertz CT molecular complexity index is 995. The van der Waals surface area contributed by atoms with Crippen molar-refractivity contribution in [2.75, 3.05) is 13.7 Å². The minimum atomic E-state index is 0.378. The number of carbonyl (C=O) groups excluding carboxylic acids is 1. The highest BCUT2D eigenvalue weighted by Gasteiger charge is 2.56. The number of rotatable bonds is 10. The van der Waals surface area contributed by atoms with E-state index in [0.29, 0.717) is 29.2 Å². The topological polar surface area (TPSA) is 29.5 Å². The van der Waals surface area contributed by atoms with Gasteiger partial charge in [-0.3, -0.25) is 9.69 Å². The zero-order valence-electron chi connectivity index (χ0n) is 24.9. The molecule has 7 atom stereocenters. The lowest BCUT2D eigenvalue weighted by atomic mass is 9.50. The Kier molecular flexibility index (Phi) is 8.72. The Hall–Kier alpha value is -1.61. The van der Waals surface area contributed by atoms with Gasteiger partial charge in [0.25, 0.3) is 0 Å². The van der Waals surface area contributed by atoms with E-state index >= 15 is 0 Å². The van der Waals surface area contributed by atoms with E-state index in [9.17, 15) is 4.79 Å². The number of ketones is 1. The van der Waals surface area contributed by atoms with Crippen LogP contribution < -0.4 is 4.74 Å². The Labute approximate surface area is 232 Å². The number of allylic oxidation sites excluding steroid dienone is 1. The van der Waals surface area contributed by atoms with E-state index < -0.39 is 0 Å². The van der Waals surface area contributed by atoms with Crippen molar-refractivity contribution < 1.29 is 9.53 Å². The Morgan fingerprint density at radius 1 is 1.00 bits per heavy atom. The van der Waals surface area contributed by atoms with Crippen LogP contribution in [0.1, 0.15) is 116 Å². The third kappa shape index (κ3) is 5.14. The molecule has 0 spiro atoms. The fourth-order valence-corrected chi connectivity index (χ4v) is 9.86. The number of benzene rings is 1. The number of carbonyl (C=O) groups is 1. The van der Waals surface area contributed by atoms with E-state index in [2.05, 4.69) is 63.9 Å². The maximum atomic E-state index is 12.1. The van der Waals surface area contributed by atoms with Gasteiger partial charge in [-0.25, -0.2) is 0 Å². The first-order chi connectivity index (χ1) is 18.4. The van der Waals surface area contributed by atoms with Gasteiger partial charge in [-0.1, -0.05) is 45.4 Å². The standard InChI is InChI=1S/C35H53NO2/c1-6-27(7-2)36(5)34(8-3)26-10-9-11-29(23-26)38-21-20-35-19-18-31-30-16-14-28(37)22-25(30)13-15-32(31)33(35)17-12-24(35)4/h9-11,22-24,27,30-34H,6-8,12-21H2,1-5H3/t24-,30?,31?,32?,33?,34?,35-/m0/s1. The Morgan fingerprint density at radius 3 is 2.58 bits per heavy atom. The maximum Gasteiger partial charge on any atom is 0.155 e. The molecule has 4 aliphatic carbocycles. The van der Waals surface area contributed by atoms with E-state index in [1.165, 1.54) is 68.9 Å². The summed E-state index contributed by atoms with van der Waals surface area (Å²) >= 11 is 0. The van der Waals surface area contributed by atoms with Crippen molar-refractivity contribution in [3.63, 3.8) is 0 Å². The summed E-state index contributed by atoms with van der Waals surface area (Å²) in [6, 6.07) is 10.0. The molecule has 4 aliphatic rings. The van der Waals surface area contributed by atoms with E-state index in [1.807, 2.05) is 6.08 Å². The van der Waals surface area contributed by atoms with Crippen LogP contribution in [-0.4, -0.2) is 30.4 Å². The summed E-state index contributed by atoms with van der Waals surface area (Å²) in [5.41, 5.74) is 3.35. The van der Waals surface area contributed by atoms with Crippen molar-refractivity contribution in [2.24, 2.45) is 35.0 Å². The second-order valence-corrected chi connectivity index (χ2v) is 13.3. The molecule has 38 heavy (non-hydrogen) atoms. The summed E-state index contributed by atoms with van der Waals surface area (Å²) in [5, 5.41) is 0. The van der Waals surface area contributed by atoms with Gasteiger partial charge < -0.3 is 4.74 Å². The van der Waals surface area contributed by atoms with Gasteiger partial charge >= 0.3 is 0 Å². The Balaban J connectivity index is 1.25. The Morgan fingerprint density at radius 2 is 1.82 bits per heavy atom. The molecule has 0 amide bonds. The van der Waals surface area contributed by atoms with E-state index in [4.69, 9.17) is 4.74 Å². The molecular weight excluding hydrogens is 466 g/mol. The highest BCUT2D eigenvalue weighted by Crippen LogP contribution is 2.65. The monoisotopic (exact) mass is 519 g/mol. The van der Waals surface area contributed by atoms with E-state index in [1.54, 1.807) is 0 Å². The van der Waals surface area contributed by atoms with Crippen LogP contribution in [0.25, 0.3) is 0 Å². The van der Waals surface area contributed by atoms with Gasteiger partial charge in [-0.15, -0.1) is 0 Å². The molecule has 1 aromatic carbocycles. The fraction of sp³-hybridized carbons (Fsp3) is 0.743. The summed E-state index contributed by atoms with van der Waals surface area (Å²) < 4.78 is 6.56. The van der Waals surface area contributed by atoms with Crippen molar-refractivity contribution in [1.29, 1.82) is 0 Å². The largest absolute Gasteiger partial charge is 0.494 e. The molecule has 0 radical (unpaired) electrons. The quantitative estimate of drug-likeness (QED) is 0.309. The summed E-state index contributed by atoms with van der Waals surface area (Å²) in [5.74, 6) is 5.45. The van der Waals surface area contributed by atoms with Crippen LogP contribution in [0.3, 0.4) is 0 Å². The lowest BCUT2D eigenvalue weighted by molar-refractivity contribution is -0.116. The summed E-state index contributed by atoms with van der Waals surface area (Å²) in [6.45, 7) is 10.3. The average Bonchev–Trinajstić information content (AvgIpc) is 3.26. The van der Waals surface area contributed by atoms with E-state index in [0.717, 1.165) is 55.3 Å². The summed E-state index contributed by atoms with van der Waals surface area (Å²) in [7, 11) is 2.30. The molecule has 5 unspecified atom stereocenters. The molecule has 0 N–H and O–H groups in total. The minimum absolute atomic E-state index is 0.378. The SMILES string of the molecule is CCC(CC)N(C)C(CC)c1cccc(OCC[C@]23CCC4C5CCC(=O)C=C5CCC4C2CC[C@@H]3C)c1. The molecule has 210 valence electrons. The van der Waals surface area contributed by atoms with Crippen LogP contribution in [0, 0.1) is 35.0 Å². The molecule has 1 aromatic rings. The molecule has 3 heteroatoms. The number of fused-ring (bicyclic) bond motifs is 5. The summed E-state index contributed by atoms with van der Waals surface area (Å²) in [6.07, 6.45) is 16.6. The van der Waals surface area contributed by atoms with Crippen LogP contribution in [-0.2, 0) is 4.79 Å². The number of ether oxygens (including phenoxy) is 1. The zero-order chi connectivity index (χ0) is 26.9. The maximum absolute atomic E-state index is 12.1. The molecule has 0 heterocycles. The van der Waals surface area contributed by atoms with Gasteiger partial charge in [-0.05, 0) is 136 Å². The third-order valence-electron chi connectivity index (χ3n) is 11.9. The van der Waals surface area contributed by atoms with Crippen molar-refractivity contribution in [3.05, 3.63) is 41.5 Å². The molecule has 3 fully saturated rings. The molecule has 0 bridgehead atoms. The first kappa shape index (κ1) is 27.9. The van der Waals surface area contributed by atoms with Crippen LogP contribution in [0.15, 0.2) is 35.9 Å². The first-order valence-electron chi connectivity index (χ1n) is 16.1. The molecular formula is C35H53NO2. The molecule has 3 nitrogen and oxygen atoms in total. The van der Waals surface area contributed by atoms with Crippen LogP contribution in [0.4, 0.5) is 0 Å². The van der Waals surface area contributed by atoms with Crippen LogP contribution in [0.5, 0.6) is 5.75 Å². The smallest absolute Gasteiger partial charge is 0.155 e. The normalized spacial score (nSPS) is 33.5. The predicted octanol–water partition coefficient (Wildman–Crippen LogP) is 8.79. The second kappa shape index (κ2) is 11.9. The average molecular weight is 520 g/mol. The van der Waals surface area contributed by atoms with Crippen molar-refractivity contribution in [2.45, 2.75) is 117 Å². The highest BCUT2D eigenvalue weighted by molar-refractivity contribution is 5.91. The van der Waals surface area contributed by atoms with Gasteiger partial charge in [0.2, 0.25) is 0 Å². The number of nitrogens with zero attached hydrogens (tertiary/aromatic N) is 1. The number of hydrogen-bond donors (Lipinski definition) is 0. The van der Waals surface area contributed by atoms with Crippen molar-refractivity contribution >= 4 is 5.78 Å². The van der Waals surface area contributed by atoms with Gasteiger partial charge in [0.15, 0.2) is 5.78 Å². The first-order valence-corrected chi connectivity index (χ1v) is 16.1. The van der Waals surface area contributed by atoms with Gasteiger partial charge in [0.05, 0.1) is 6.61 Å². The molecule has 5 rings (SSSR count). The van der Waals surface area contributed by atoms with Gasteiger partial charge in [0, 0.05) is 18.5 Å².